The van der Waals surface area contributed by atoms with Crippen LogP contribution in [0.2, 0.25) is 0 Å². The molecule has 0 fully saturated rings. The van der Waals surface area contributed by atoms with Crippen LogP contribution in [0.25, 0.3) is 10.8 Å². The quantitative estimate of drug-likeness (QED) is 0.710. The fraction of sp³-hybridized carbons (Fsp3) is 0.357. The fourth-order valence-electron chi connectivity index (χ4n) is 1.93. The zero-order valence-electron chi connectivity index (χ0n) is 9.62. The zero-order chi connectivity index (χ0) is 10.8. The molecule has 15 heavy (non-hydrogen) atoms. The lowest BCUT2D eigenvalue weighted by atomic mass is 9.94. The molecule has 0 aliphatic carbocycles. The second kappa shape index (κ2) is 4.01. The average molecular weight is 199 g/mol. The first kappa shape index (κ1) is 10.2. The summed E-state index contributed by atoms with van der Waals surface area (Å²) in [4.78, 5) is 4.17. The Hall–Kier alpha value is -1.37. The van der Waals surface area contributed by atoms with E-state index in [1.54, 1.807) is 0 Å². The van der Waals surface area contributed by atoms with Crippen LogP contribution >= 0.6 is 0 Å². The molecule has 1 heteroatoms. The Kier molecular flexibility index (Phi) is 2.72. The number of aryl methyl sites for hydroxylation is 1. The third kappa shape index (κ3) is 1.87. The van der Waals surface area contributed by atoms with Crippen LogP contribution in [0, 0.1) is 6.92 Å². The molecule has 0 bridgehead atoms. The summed E-state index contributed by atoms with van der Waals surface area (Å²) in [6, 6.07) is 6.67. The topological polar surface area (TPSA) is 12.9 Å². The van der Waals surface area contributed by atoms with Gasteiger partial charge in [-0.25, -0.2) is 0 Å². The van der Waals surface area contributed by atoms with Gasteiger partial charge in [0.15, 0.2) is 0 Å². The van der Waals surface area contributed by atoms with Gasteiger partial charge >= 0.3 is 0 Å². The van der Waals surface area contributed by atoms with Gasteiger partial charge in [-0.1, -0.05) is 26.0 Å². The highest BCUT2D eigenvalue weighted by Gasteiger charge is 2.05. The molecule has 1 unspecified atom stereocenters. The third-order valence-corrected chi connectivity index (χ3v) is 3.17. The molecule has 1 heterocycles. The monoisotopic (exact) mass is 199 g/mol. The Balaban J connectivity index is 2.62. The predicted molar refractivity (Wildman–Crippen MR) is 65.2 cm³/mol. The highest BCUT2D eigenvalue weighted by atomic mass is 14.6. The SMILES string of the molecule is CCC(C)c1cc(C)c2cnccc2c1. The van der Waals surface area contributed by atoms with Crippen LogP contribution in [0.5, 0.6) is 0 Å². The Morgan fingerprint density at radius 1 is 1.33 bits per heavy atom. The van der Waals surface area contributed by atoms with Crippen molar-refractivity contribution in [1.29, 1.82) is 0 Å². The maximum Gasteiger partial charge on any atom is 0.0349 e. The third-order valence-electron chi connectivity index (χ3n) is 3.17. The molecule has 1 aromatic carbocycles. The number of benzene rings is 1. The molecule has 0 aliphatic rings. The van der Waals surface area contributed by atoms with Gasteiger partial charge in [-0.2, -0.15) is 0 Å². The summed E-state index contributed by atoms with van der Waals surface area (Å²) in [6.07, 6.45) is 5.00. The highest BCUT2D eigenvalue weighted by molar-refractivity contribution is 5.85. The van der Waals surface area contributed by atoms with E-state index in [1.807, 2.05) is 12.4 Å². The van der Waals surface area contributed by atoms with Gasteiger partial charge in [-0.3, -0.25) is 4.98 Å². The predicted octanol–water partition coefficient (Wildman–Crippen LogP) is 4.06. The van der Waals surface area contributed by atoms with Crippen LogP contribution in [-0.2, 0) is 0 Å². The number of nitrogens with zero attached hydrogens (tertiary/aromatic N) is 1. The van der Waals surface area contributed by atoms with Crippen LogP contribution < -0.4 is 0 Å². The minimum Gasteiger partial charge on any atom is -0.264 e. The lowest BCUT2D eigenvalue weighted by Crippen LogP contribution is -1.93. The maximum atomic E-state index is 4.17. The number of aromatic nitrogens is 1. The molecule has 1 nitrogen and oxygen atoms in total. The molecule has 0 saturated heterocycles. The van der Waals surface area contributed by atoms with Crippen molar-refractivity contribution in [2.75, 3.05) is 0 Å². The first-order valence-electron chi connectivity index (χ1n) is 5.56. The van der Waals surface area contributed by atoms with Gasteiger partial charge in [0, 0.05) is 17.8 Å². The normalized spacial score (nSPS) is 13.0. The molecular formula is C14H17N. The van der Waals surface area contributed by atoms with Gasteiger partial charge in [0.2, 0.25) is 0 Å². The van der Waals surface area contributed by atoms with Crippen LogP contribution in [-0.4, -0.2) is 4.98 Å². The molecular weight excluding hydrogens is 182 g/mol. The van der Waals surface area contributed by atoms with Crippen molar-refractivity contribution in [1.82, 2.24) is 4.98 Å². The minimum absolute atomic E-state index is 0.640. The first-order valence-corrected chi connectivity index (χ1v) is 5.56. The van der Waals surface area contributed by atoms with Crippen molar-refractivity contribution in [3.63, 3.8) is 0 Å². The van der Waals surface area contributed by atoms with Crippen molar-refractivity contribution in [3.05, 3.63) is 41.7 Å². The molecule has 1 aromatic heterocycles. The lowest BCUT2D eigenvalue weighted by molar-refractivity contribution is 0.734. The lowest BCUT2D eigenvalue weighted by Gasteiger charge is -2.11. The van der Waals surface area contributed by atoms with Gasteiger partial charge < -0.3 is 0 Å². The number of pyridine rings is 1. The summed E-state index contributed by atoms with van der Waals surface area (Å²) >= 11 is 0. The van der Waals surface area contributed by atoms with Crippen LogP contribution in [0.4, 0.5) is 0 Å². The smallest absolute Gasteiger partial charge is 0.0349 e. The van der Waals surface area contributed by atoms with Gasteiger partial charge in [0.05, 0.1) is 0 Å². The largest absolute Gasteiger partial charge is 0.264 e. The van der Waals surface area contributed by atoms with Crippen LogP contribution in [0.1, 0.15) is 37.3 Å². The van der Waals surface area contributed by atoms with E-state index < -0.39 is 0 Å². The minimum atomic E-state index is 0.640. The fourth-order valence-corrected chi connectivity index (χ4v) is 1.93. The number of fused-ring (bicyclic) bond motifs is 1. The molecule has 2 aromatic rings. The molecule has 78 valence electrons. The number of hydrogen-bond donors (Lipinski definition) is 0. The van der Waals surface area contributed by atoms with Crippen molar-refractivity contribution >= 4 is 10.8 Å². The van der Waals surface area contributed by atoms with Gasteiger partial charge in [0.1, 0.15) is 0 Å². The summed E-state index contributed by atoms with van der Waals surface area (Å²) in [6.45, 7) is 6.68. The molecule has 0 aliphatic heterocycles. The number of rotatable bonds is 2. The van der Waals surface area contributed by atoms with E-state index in [-0.39, 0.29) is 0 Å². The summed E-state index contributed by atoms with van der Waals surface area (Å²) in [5, 5.41) is 2.57. The van der Waals surface area contributed by atoms with Crippen LogP contribution in [0.3, 0.4) is 0 Å². The molecule has 0 amide bonds. The van der Waals surface area contributed by atoms with Gasteiger partial charge in [-0.05, 0) is 41.8 Å². The van der Waals surface area contributed by atoms with Gasteiger partial charge in [0.25, 0.3) is 0 Å². The van der Waals surface area contributed by atoms with E-state index in [2.05, 4.69) is 44.0 Å². The number of hydrogen-bond acceptors (Lipinski definition) is 1. The Morgan fingerprint density at radius 3 is 2.87 bits per heavy atom. The molecule has 0 radical (unpaired) electrons. The second-order valence-electron chi connectivity index (χ2n) is 4.24. The molecule has 2 rings (SSSR count). The van der Waals surface area contributed by atoms with Crippen molar-refractivity contribution in [3.8, 4) is 0 Å². The van der Waals surface area contributed by atoms with E-state index in [1.165, 1.54) is 28.3 Å². The van der Waals surface area contributed by atoms with E-state index in [9.17, 15) is 0 Å². The Bertz CT molecular complexity index is 474. The second-order valence-corrected chi connectivity index (χ2v) is 4.24. The molecule has 0 spiro atoms. The van der Waals surface area contributed by atoms with E-state index in [0.29, 0.717) is 5.92 Å². The molecule has 0 saturated carbocycles. The van der Waals surface area contributed by atoms with Crippen molar-refractivity contribution in [2.24, 2.45) is 0 Å². The molecule has 1 atom stereocenters. The Morgan fingerprint density at radius 2 is 2.13 bits per heavy atom. The van der Waals surface area contributed by atoms with E-state index in [0.717, 1.165) is 0 Å². The summed E-state index contributed by atoms with van der Waals surface area (Å²) < 4.78 is 0. The maximum absolute atomic E-state index is 4.17. The first-order chi connectivity index (χ1) is 7.22. The Labute approximate surface area is 91.2 Å². The van der Waals surface area contributed by atoms with Gasteiger partial charge in [-0.15, -0.1) is 0 Å². The summed E-state index contributed by atoms with van der Waals surface area (Å²) in [7, 11) is 0. The summed E-state index contributed by atoms with van der Waals surface area (Å²) in [5.41, 5.74) is 2.77. The van der Waals surface area contributed by atoms with Crippen molar-refractivity contribution < 1.29 is 0 Å². The van der Waals surface area contributed by atoms with Crippen molar-refractivity contribution in [2.45, 2.75) is 33.1 Å². The molecule has 0 N–H and O–H groups in total. The van der Waals surface area contributed by atoms with E-state index in [4.69, 9.17) is 0 Å². The van der Waals surface area contributed by atoms with Crippen LogP contribution in [0.15, 0.2) is 30.6 Å². The van der Waals surface area contributed by atoms with E-state index >= 15 is 0 Å². The summed E-state index contributed by atoms with van der Waals surface area (Å²) in [5.74, 6) is 0.640. The average Bonchev–Trinajstić information content (AvgIpc) is 2.28. The highest BCUT2D eigenvalue weighted by Crippen LogP contribution is 2.25. The zero-order valence-corrected chi connectivity index (χ0v) is 9.62. The standard InChI is InChI=1S/C14H17N/c1-4-10(2)13-7-11(3)14-9-15-6-5-12(14)8-13/h5-10H,4H2,1-3H3.